The first-order valence-electron chi connectivity index (χ1n) is 2.46. The van der Waals surface area contributed by atoms with E-state index < -0.39 is 0 Å². The number of nitrogens with zero attached hydrogens (tertiary/aromatic N) is 1. The van der Waals surface area contributed by atoms with Gasteiger partial charge in [0.1, 0.15) is 6.73 Å². The van der Waals surface area contributed by atoms with E-state index in [1.165, 1.54) is 0 Å². The molecule has 0 aliphatic heterocycles. The van der Waals surface area contributed by atoms with Crippen molar-refractivity contribution in [3.05, 3.63) is 12.4 Å². The Kier molecular flexibility index (Phi) is 4.07. The van der Waals surface area contributed by atoms with Crippen LogP contribution in [0.15, 0.2) is 12.4 Å². The van der Waals surface area contributed by atoms with E-state index in [2.05, 4.69) is 5.32 Å². The van der Waals surface area contributed by atoms with Gasteiger partial charge in [-0.2, -0.15) is 0 Å². The van der Waals surface area contributed by atoms with Crippen molar-refractivity contribution in [2.75, 3.05) is 20.8 Å². The maximum atomic E-state index is 8.41. The van der Waals surface area contributed by atoms with Crippen molar-refractivity contribution in [3.8, 4) is 0 Å². The Balaban J connectivity index is 3.21. The fourth-order valence-electron chi connectivity index (χ4n) is 0.249. The molecule has 8 heavy (non-hydrogen) atoms. The van der Waals surface area contributed by atoms with Gasteiger partial charge < -0.3 is 15.3 Å². The monoisotopic (exact) mass is 116 g/mol. The van der Waals surface area contributed by atoms with E-state index in [4.69, 9.17) is 5.11 Å². The molecule has 0 saturated carbocycles. The molecule has 3 nitrogen and oxygen atoms in total. The van der Waals surface area contributed by atoms with Gasteiger partial charge >= 0.3 is 0 Å². The fourth-order valence-corrected chi connectivity index (χ4v) is 0.249. The van der Waals surface area contributed by atoms with E-state index in [-0.39, 0.29) is 6.73 Å². The lowest BCUT2D eigenvalue weighted by molar-refractivity contribution is 0.174. The molecular weight excluding hydrogens is 104 g/mol. The number of hydrogen-bond acceptors (Lipinski definition) is 3. The Morgan fingerprint density at radius 2 is 2.38 bits per heavy atom. The minimum absolute atomic E-state index is 0.0537. The van der Waals surface area contributed by atoms with Crippen molar-refractivity contribution in [3.63, 3.8) is 0 Å². The minimum Gasteiger partial charge on any atom is -0.393 e. The second kappa shape index (κ2) is 4.46. The largest absolute Gasteiger partial charge is 0.393 e. The SMILES string of the molecule is CN/C=C\N(C)CO. The molecule has 0 aromatic heterocycles. The molecule has 0 bridgehead atoms. The number of aliphatic hydroxyl groups excluding tert-OH is 1. The second-order valence-electron chi connectivity index (χ2n) is 1.50. The van der Waals surface area contributed by atoms with Crippen LogP contribution in [0.5, 0.6) is 0 Å². The Morgan fingerprint density at radius 3 is 2.75 bits per heavy atom. The van der Waals surface area contributed by atoms with Gasteiger partial charge in [-0.25, -0.2) is 0 Å². The van der Waals surface area contributed by atoms with Gasteiger partial charge in [-0.3, -0.25) is 0 Å². The third-order valence-electron chi connectivity index (χ3n) is 0.719. The second-order valence-corrected chi connectivity index (χ2v) is 1.50. The molecule has 0 amide bonds. The summed E-state index contributed by atoms with van der Waals surface area (Å²) in [4.78, 5) is 1.65. The number of rotatable bonds is 3. The van der Waals surface area contributed by atoms with Gasteiger partial charge in [-0.05, 0) is 0 Å². The standard InChI is InChI=1S/C5H12N2O/c1-6-3-4-7(2)5-8/h3-4,6,8H,5H2,1-2H3/b4-3-. The molecule has 48 valence electrons. The van der Waals surface area contributed by atoms with Crippen LogP contribution in [0.25, 0.3) is 0 Å². The summed E-state index contributed by atoms with van der Waals surface area (Å²) in [5.41, 5.74) is 0. The predicted molar refractivity (Wildman–Crippen MR) is 33.0 cm³/mol. The summed E-state index contributed by atoms with van der Waals surface area (Å²) < 4.78 is 0. The van der Waals surface area contributed by atoms with Crippen LogP contribution in [0.1, 0.15) is 0 Å². The van der Waals surface area contributed by atoms with Crippen LogP contribution in [0.2, 0.25) is 0 Å². The summed E-state index contributed by atoms with van der Waals surface area (Å²) in [6.45, 7) is 0.0537. The van der Waals surface area contributed by atoms with Gasteiger partial charge in [0, 0.05) is 26.5 Å². The topological polar surface area (TPSA) is 35.5 Å². The van der Waals surface area contributed by atoms with Gasteiger partial charge in [-0.15, -0.1) is 0 Å². The third-order valence-corrected chi connectivity index (χ3v) is 0.719. The average molecular weight is 116 g/mol. The summed E-state index contributed by atoms with van der Waals surface area (Å²) in [5.74, 6) is 0. The van der Waals surface area contributed by atoms with E-state index in [9.17, 15) is 0 Å². The fraction of sp³-hybridized carbons (Fsp3) is 0.600. The highest BCUT2D eigenvalue weighted by Crippen LogP contribution is 1.76. The predicted octanol–water partition coefficient (Wildman–Crippen LogP) is -0.441. The average Bonchev–Trinajstić information content (AvgIpc) is 1.83. The Morgan fingerprint density at radius 1 is 1.75 bits per heavy atom. The zero-order valence-electron chi connectivity index (χ0n) is 5.26. The maximum Gasteiger partial charge on any atom is 0.115 e. The van der Waals surface area contributed by atoms with Crippen LogP contribution in [-0.2, 0) is 0 Å². The first-order chi connectivity index (χ1) is 3.81. The van der Waals surface area contributed by atoms with Crippen molar-refractivity contribution >= 4 is 0 Å². The van der Waals surface area contributed by atoms with Crippen molar-refractivity contribution in [1.82, 2.24) is 10.2 Å². The summed E-state index contributed by atoms with van der Waals surface area (Å²) in [6, 6.07) is 0. The van der Waals surface area contributed by atoms with E-state index in [1.807, 2.05) is 7.05 Å². The van der Waals surface area contributed by atoms with Gasteiger partial charge in [0.25, 0.3) is 0 Å². The van der Waals surface area contributed by atoms with Crippen LogP contribution in [0.3, 0.4) is 0 Å². The lowest BCUT2D eigenvalue weighted by atomic mass is 10.8. The molecule has 0 rings (SSSR count). The smallest absolute Gasteiger partial charge is 0.115 e. The maximum absolute atomic E-state index is 8.41. The van der Waals surface area contributed by atoms with Gasteiger partial charge in [-0.1, -0.05) is 0 Å². The number of hydrogen-bond donors (Lipinski definition) is 2. The van der Waals surface area contributed by atoms with Crippen molar-refractivity contribution in [2.24, 2.45) is 0 Å². The zero-order chi connectivity index (χ0) is 6.41. The molecule has 0 aromatic rings. The van der Waals surface area contributed by atoms with Gasteiger partial charge in [0.15, 0.2) is 0 Å². The number of nitrogens with one attached hydrogen (secondary N) is 1. The first-order valence-corrected chi connectivity index (χ1v) is 2.46. The molecule has 0 heterocycles. The Labute approximate surface area is 49.6 Å². The molecule has 0 radical (unpaired) electrons. The van der Waals surface area contributed by atoms with Crippen LogP contribution >= 0.6 is 0 Å². The molecule has 2 N–H and O–H groups in total. The molecule has 0 spiro atoms. The molecule has 3 heteroatoms. The first kappa shape index (κ1) is 7.30. The van der Waals surface area contributed by atoms with Crippen LogP contribution in [0, 0.1) is 0 Å². The van der Waals surface area contributed by atoms with Crippen LogP contribution < -0.4 is 5.32 Å². The van der Waals surface area contributed by atoms with E-state index in [1.54, 1.807) is 24.3 Å². The van der Waals surface area contributed by atoms with E-state index in [0.29, 0.717) is 0 Å². The molecule has 0 aliphatic rings. The molecule has 0 atom stereocenters. The van der Waals surface area contributed by atoms with Gasteiger partial charge in [0.2, 0.25) is 0 Å². The molecule has 0 unspecified atom stereocenters. The van der Waals surface area contributed by atoms with Crippen LogP contribution in [-0.4, -0.2) is 30.8 Å². The quantitative estimate of drug-likeness (QED) is 0.491. The Bertz CT molecular complexity index is 72.8. The van der Waals surface area contributed by atoms with Crippen molar-refractivity contribution < 1.29 is 5.11 Å². The highest BCUT2D eigenvalue weighted by atomic mass is 16.3. The highest BCUT2D eigenvalue weighted by molar-refractivity contribution is 4.74. The summed E-state index contributed by atoms with van der Waals surface area (Å²) in [7, 11) is 3.59. The zero-order valence-corrected chi connectivity index (χ0v) is 5.26. The summed E-state index contributed by atoms with van der Waals surface area (Å²) >= 11 is 0. The summed E-state index contributed by atoms with van der Waals surface area (Å²) in [5, 5.41) is 11.2. The normalized spacial score (nSPS) is 9.88. The van der Waals surface area contributed by atoms with Crippen LogP contribution in [0.4, 0.5) is 0 Å². The van der Waals surface area contributed by atoms with E-state index in [0.717, 1.165) is 0 Å². The lowest BCUT2D eigenvalue weighted by Crippen LogP contribution is -2.12. The molecular formula is C5H12N2O. The van der Waals surface area contributed by atoms with E-state index >= 15 is 0 Å². The summed E-state index contributed by atoms with van der Waals surface area (Å²) in [6.07, 6.45) is 3.50. The molecule has 0 saturated heterocycles. The van der Waals surface area contributed by atoms with Crippen molar-refractivity contribution in [1.29, 1.82) is 0 Å². The third kappa shape index (κ3) is 3.49. The Hall–Kier alpha value is -0.700. The molecule has 0 aromatic carbocycles. The number of aliphatic hydroxyl groups is 1. The lowest BCUT2D eigenvalue weighted by Gasteiger charge is -2.06. The van der Waals surface area contributed by atoms with Crippen molar-refractivity contribution in [2.45, 2.75) is 0 Å². The molecule has 0 aliphatic carbocycles. The van der Waals surface area contributed by atoms with Gasteiger partial charge in [0.05, 0.1) is 0 Å². The molecule has 0 fully saturated rings. The minimum atomic E-state index is 0.0537. The highest BCUT2D eigenvalue weighted by Gasteiger charge is 1.79.